The lowest BCUT2D eigenvalue weighted by molar-refractivity contribution is 0.189. The molecule has 0 saturated carbocycles. The molecule has 0 aliphatic carbocycles. The first-order chi connectivity index (χ1) is 9.60. The van der Waals surface area contributed by atoms with Gasteiger partial charge in [0.15, 0.2) is 0 Å². The van der Waals surface area contributed by atoms with E-state index in [2.05, 4.69) is 32.6 Å². The molecule has 0 aromatic carbocycles. The minimum atomic E-state index is -1.75. The molecule has 0 heterocycles. The Morgan fingerprint density at radius 3 is 1.50 bits per heavy atom. The summed E-state index contributed by atoms with van der Waals surface area (Å²) in [5, 5.41) is 3.39. The SMILES string of the molecule is CCCCNCCCC.CCC[Si](C)(OCC)OCC. The zero-order valence-electron chi connectivity index (χ0n) is 14.9. The van der Waals surface area contributed by atoms with Crippen LogP contribution in [0.3, 0.4) is 0 Å². The molecule has 0 atom stereocenters. The van der Waals surface area contributed by atoms with Gasteiger partial charge in [-0.1, -0.05) is 40.0 Å². The molecule has 0 radical (unpaired) electrons. The van der Waals surface area contributed by atoms with E-state index >= 15 is 0 Å². The van der Waals surface area contributed by atoms with Crippen molar-refractivity contribution in [3.05, 3.63) is 0 Å². The first-order valence-electron chi connectivity index (χ1n) is 8.58. The van der Waals surface area contributed by atoms with Crippen LogP contribution >= 0.6 is 0 Å². The predicted octanol–water partition coefficient (Wildman–Crippen LogP) is 4.72. The van der Waals surface area contributed by atoms with Crippen LogP contribution in [0.15, 0.2) is 0 Å². The van der Waals surface area contributed by atoms with Crippen LogP contribution in [0.1, 0.15) is 66.7 Å². The lowest BCUT2D eigenvalue weighted by Gasteiger charge is -2.25. The van der Waals surface area contributed by atoms with Gasteiger partial charge < -0.3 is 14.2 Å². The molecule has 0 amide bonds. The van der Waals surface area contributed by atoms with Crippen molar-refractivity contribution in [3.63, 3.8) is 0 Å². The summed E-state index contributed by atoms with van der Waals surface area (Å²) in [6.07, 6.45) is 6.41. The second-order valence-electron chi connectivity index (χ2n) is 5.21. The highest BCUT2D eigenvalue weighted by Gasteiger charge is 2.28. The molecule has 1 N–H and O–H groups in total. The number of unbranched alkanes of at least 4 members (excludes halogenated alkanes) is 2. The molecule has 0 aromatic rings. The molecular weight excluding hydrogens is 266 g/mol. The van der Waals surface area contributed by atoms with Crippen LogP contribution in [0, 0.1) is 0 Å². The predicted molar refractivity (Wildman–Crippen MR) is 92.7 cm³/mol. The second kappa shape index (κ2) is 17.1. The third kappa shape index (κ3) is 16.2. The Balaban J connectivity index is 0. The topological polar surface area (TPSA) is 30.5 Å². The lowest BCUT2D eigenvalue weighted by Crippen LogP contribution is -2.38. The molecule has 3 nitrogen and oxygen atoms in total. The van der Waals surface area contributed by atoms with Crippen LogP contribution in [-0.2, 0) is 8.85 Å². The van der Waals surface area contributed by atoms with Crippen LogP contribution in [0.25, 0.3) is 0 Å². The Labute approximate surface area is 129 Å². The molecule has 0 aliphatic rings. The van der Waals surface area contributed by atoms with E-state index in [0.717, 1.165) is 25.7 Å². The number of hydrogen-bond donors (Lipinski definition) is 1. The molecule has 0 rings (SSSR count). The minimum Gasteiger partial charge on any atom is -0.395 e. The zero-order chi connectivity index (χ0) is 15.7. The number of rotatable bonds is 12. The Bertz CT molecular complexity index is 157. The molecule has 124 valence electrons. The Hall–Kier alpha value is 0.0969. The van der Waals surface area contributed by atoms with E-state index in [0.29, 0.717) is 0 Å². The van der Waals surface area contributed by atoms with E-state index in [4.69, 9.17) is 8.85 Å². The van der Waals surface area contributed by atoms with Crippen molar-refractivity contribution in [2.45, 2.75) is 79.3 Å². The Kier molecular flexibility index (Phi) is 19.2. The summed E-state index contributed by atoms with van der Waals surface area (Å²) < 4.78 is 11.3. The molecule has 0 aromatic heterocycles. The van der Waals surface area contributed by atoms with Crippen LogP contribution in [-0.4, -0.2) is 34.9 Å². The van der Waals surface area contributed by atoms with Crippen molar-refractivity contribution in [1.82, 2.24) is 5.32 Å². The van der Waals surface area contributed by atoms with E-state index in [9.17, 15) is 0 Å². The fraction of sp³-hybridized carbons (Fsp3) is 1.00. The Morgan fingerprint density at radius 1 is 0.750 bits per heavy atom. The molecular formula is C16H39NO2Si. The van der Waals surface area contributed by atoms with Gasteiger partial charge in [0.05, 0.1) is 0 Å². The summed E-state index contributed by atoms with van der Waals surface area (Å²) in [5.41, 5.74) is 0. The zero-order valence-corrected chi connectivity index (χ0v) is 15.9. The van der Waals surface area contributed by atoms with Gasteiger partial charge in [-0.15, -0.1) is 0 Å². The third-order valence-electron chi connectivity index (χ3n) is 3.02. The fourth-order valence-corrected chi connectivity index (χ4v) is 4.48. The van der Waals surface area contributed by atoms with Crippen molar-refractivity contribution in [1.29, 1.82) is 0 Å². The first kappa shape index (κ1) is 22.4. The van der Waals surface area contributed by atoms with Gasteiger partial charge in [0.25, 0.3) is 0 Å². The highest BCUT2D eigenvalue weighted by molar-refractivity contribution is 6.66. The monoisotopic (exact) mass is 305 g/mol. The van der Waals surface area contributed by atoms with E-state index in [-0.39, 0.29) is 0 Å². The van der Waals surface area contributed by atoms with Crippen LogP contribution < -0.4 is 5.32 Å². The van der Waals surface area contributed by atoms with Gasteiger partial charge in [-0.3, -0.25) is 0 Å². The molecule has 0 saturated heterocycles. The molecule has 4 heteroatoms. The average Bonchev–Trinajstić information content (AvgIpc) is 2.40. The molecule has 20 heavy (non-hydrogen) atoms. The van der Waals surface area contributed by atoms with E-state index in [1.165, 1.54) is 38.8 Å². The van der Waals surface area contributed by atoms with Gasteiger partial charge in [0.1, 0.15) is 0 Å². The average molecular weight is 306 g/mol. The van der Waals surface area contributed by atoms with Gasteiger partial charge >= 0.3 is 8.56 Å². The quantitative estimate of drug-likeness (QED) is 0.418. The summed E-state index contributed by atoms with van der Waals surface area (Å²) in [5.74, 6) is 0. The lowest BCUT2D eigenvalue weighted by atomic mass is 10.3. The fourth-order valence-electron chi connectivity index (χ4n) is 1.98. The summed E-state index contributed by atoms with van der Waals surface area (Å²) in [6, 6.07) is 1.11. The smallest absolute Gasteiger partial charge is 0.334 e. The van der Waals surface area contributed by atoms with Gasteiger partial charge in [0, 0.05) is 13.2 Å². The standard InChI is InChI=1S/C8H19N.C8H20O2Si/c1-3-5-7-9-8-6-4-2;1-5-8-11(4,9-6-2)10-7-3/h9H,3-8H2,1-2H3;5-8H2,1-4H3. The van der Waals surface area contributed by atoms with Crippen molar-refractivity contribution in [2.75, 3.05) is 26.3 Å². The summed E-state index contributed by atoms with van der Waals surface area (Å²) in [7, 11) is -1.75. The highest BCUT2D eigenvalue weighted by atomic mass is 28.4. The van der Waals surface area contributed by atoms with Crippen molar-refractivity contribution in [2.24, 2.45) is 0 Å². The van der Waals surface area contributed by atoms with Crippen molar-refractivity contribution < 1.29 is 8.85 Å². The molecule has 0 aliphatic heterocycles. The maximum Gasteiger partial charge on any atom is 0.334 e. The molecule has 0 fully saturated rings. The maximum atomic E-state index is 5.63. The van der Waals surface area contributed by atoms with E-state index in [1.807, 2.05) is 13.8 Å². The van der Waals surface area contributed by atoms with E-state index < -0.39 is 8.56 Å². The van der Waals surface area contributed by atoms with Crippen LogP contribution in [0.4, 0.5) is 0 Å². The number of nitrogens with one attached hydrogen (secondary N) is 1. The summed E-state index contributed by atoms with van der Waals surface area (Å²) in [6.45, 7) is 16.8. The van der Waals surface area contributed by atoms with Gasteiger partial charge in [-0.25, -0.2) is 0 Å². The third-order valence-corrected chi connectivity index (χ3v) is 6.22. The summed E-state index contributed by atoms with van der Waals surface area (Å²) >= 11 is 0. The molecule has 0 bridgehead atoms. The minimum absolute atomic E-state index is 0.780. The maximum absolute atomic E-state index is 5.63. The number of hydrogen-bond acceptors (Lipinski definition) is 3. The van der Waals surface area contributed by atoms with E-state index in [1.54, 1.807) is 0 Å². The first-order valence-corrected chi connectivity index (χ1v) is 11.1. The van der Waals surface area contributed by atoms with Gasteiger partial charge in [-0.05, 0) is 52.4 Å². The van der Waals surface area contributed by atoms with Crippen molar-refractivity contribution >= 4 is 8.56 Å². The van der Waals surface area contributed by atoms with Crippen LogP contribution in [0.2, 0.25) is 12.6 Å². The van der Waals surface area contributed by atoms with Crippen LogP contribution in [0.5, 0.6) is 0 Å². The highest BCUT2D eigenvalue weighted by Crippen LogP contribution is 2.14. The van der Waals surface area contributed by atoms with Gasteiger partial charge in [-0.2, -0.15) is 0 Å². The van der Waals surface area contributed by atoms with Crippen molar-refractivity contribution in [3.8, 4) is 0 Å². The molecule has 0 unspecified atom stereocenters. The Morgan fingerprint density at radius 2 is 1.20 bits per heavy atom. The summed E-state index contributed by atoms with van der Waals surface area (Å²) in [4.78, 5) is 0. The molecule has 0 spiro atoms. The normalized spacial score (nSPS) is 11.1. The largest absolute Gasteiger partial charge is 0.395 e. The van der Waals surface area contributed by atoms with Gasteiger partial charge in [0.2, 0.25) is 0 Å². The second-order valence-corrected chi connectivity index (χ2v) is 8.55.